The Morgan fingerprint density at radius 1 is 1.18 bits per heavy atom. The fraction of sp³-hybridized carbons (Fsp3) is 0.500. The van der Waals surface area contributed by atoms with E-state index in [2.05, 4.69) is 5.16 Å². The van der Waals surface area contributed by atoms with Crippen LogP contribution in [0.3, 0.4) is 0 Å². The summed E-state index contributed by atoms with van der Waals surface area (Å²) in [6, 6.07) is 10.1. The van der Waals surface area contributed by atoms with Gasteiger partial charge in [0, 0.05) is 26.7 Å². The van der Waals surface area contributed by atoms with Crippen molar-refractivity contribution in [3.63, 3.8) is 0 Å². The van der Waals surface area contributed by atoms with Gasteiger partial charge in [-0.2, -0.15) is 0 Å². The molecule has 6 heteroatoms. The van der Waals surface area contributed by atoms with Gasteiger partial charge in [-0.05, 0) is 44.1 Å². The smallest absolute Gasteiger partial charge is 0.259 e. The second-order valence-corrected chi connectivity index (χ2v) is 8.35. The molecule has 1 aromatic carbocycles. The molecule has 0 aliphatic carbocycles. The molecule has 0 radical (unpaired) electrons. The minimum atomic E-state index is -0.0928. The Labute approximate surface area is 165 Å². The molecule has 4 rings (SSSR count). The van der Waals surface area contributed by atoms with E-state index in [1.807, 2.05) is 47.2 Å². The van der Waals surface area contributed by atoms with Crippen molar-refractivity contribution in [1.82, 2.24) is 15.0 Å². The third-order valence-corrected chi connectivity index (χ3v) is 6.44. The predicted molar refractivity (Wildman–Crippen MR) is 105 cm³/mol. The molecule has 2 amide bonds. The molecule has 0 saturated carbocycles. The summed E-state index contributed by atoms with van der Waals surface area (Å²) < 4.78 is 5.16. The summed E-state index contributed by atoms with van der Waals surface area (Å²) in [7, 11) is 1.90. The topological polar surface area (TPSA) is 66.7 Å². The van der Waals surface area contributed by atoms with E-state index in [1.165, 1.54) is 0 Å². The van der Waals surface area contributed by atoms with Gasteiger partial charge in [0.25, 0.3) is 5.91 Å². The average molecular weight is 381 g/mol. The number of aromatic nitrogens is 1. The highest BCUT2D eigenvalue weighted by Crippen LogP contribution is 2.45. The summed E-state index contributed by atoms with van der Waals surface area (Å²) in [6.07, 6.45) is 2.67. The summed E-state index contributed by atoms with van der Waals surface area (Å²) in [6.45, 7) is 5.76. The molecule has 2 aromatic rings. The number of rotatable bonds is 2. The maximum Gasteiger partial charge on any atom is 0.259 e. The van der Waals surface area contributed by atoms with Crippen molar-refractivity contribution in [3.05, 3.63) is 52.9 Å². The van der Waals surface area contributed by atoms with Gasteiger partial charge >= 0.3 is 0 Å². The molecule has 28 heavy (non-hydrogen) atoms. The number of hydrogen-bond acceptors (Lipinski definition) is 4. The Morgan fingerprint density at radius 3 is 2.46 bits per heavy atom. The van der Waals surface area contributed by atoms with Crippen molar-refractivity contribution in [2.45, 2.75) is 39.0 Å². The second kappa shape index (κ2) is 7.08. The van der Waals surface area contributed by atoms with Gasteiger partial charge in [0.2, 0.25) is 5.91 Å². The van der Waals surface area contributed by atoms with Crippen LogP contribution in [-0.4, -0.2) is 53.5 Å². The van der Waals surface area contributed by atoms with Gasteiger partial charge in [-0.3, -0.25) is 9.59 Å². The molecule has 1 aromatic heterocycles. The van der Waals surface area contributed by atoms with Crippen molar-refractivity contribution < 1.29 is 14.1 Å². The van der Waals surface area contributed by atoms with E-state index in [-0.39, 0.29) is 23.1 Å². The Kier molecular flexibility index (Phi) is 4.73. The number of aryl methyl sites for hydroxylation is 2. The average Bonchev–Trinajstić information content (AvgIpc) is 3.04. The van der Waals surface area contributed by atoms with Gasteiger partial charge in [-0.25, -0.2) is 0 Å². The lowest BCUT2D eigenvalue weighted by Crippen LogP contribution is -2.53. The van der Waals surface area contributed by atoms with Crippen LogP contribution in [-0.2, 0) is 4.79 Å². The van der Waals surface area contributed by atoms with E-state index in [0.717, 1.165) is 31.4 Å². The summed E-state index contributed by atoms with van der Waals surface area (Å²) in [5.41, 5.74) is 2.40. The molecule has 0 unspecified atom stereocenters. The molecule has 2 saturated heterocycles. The second-order valence-electron chi connectivity index (χ2n) is 8.35. The molecule has 3 heterocycles. The first-order valence-corrected chi connectivity index (χ1v) is 9.92. The van der Waals surface area contributed by atoms with E-state index >= 15 is 0 Å². The van der Waals surface area contributed by atoms with E-state index in [9.17, 15) is 9.59 Å². The van der Waals surface area contributed by atoms with Crippen LogP contribution in [0.1, 0.15) is 52.6 Å². The largest absolute Gasteiger partial charge is 0.361 e. The molecule has 2 aliphatic heterocycles. The van der Waals surface area contributed by atoms with E-state index in [4.69, 9.17) is 4.52 Å². The van der Waals surface area contributed by atoms with Crippen LogP contribution in [0.15, 0.2) is 34.9 Å². The van der Waals surface area contributed by atoms with E-state index in [1.54, 1.807) is 13.8 Å². The number of likely N-dealkylation sites (N-methyl/N-ethyl adjacent to an activating group) is 1. The number of carbonyl (C=O) groups is 2. The molecule has 0 N–H and O–H groups in total. The summed E-state index contributed by atoms with van der Waals surface area (Å²) in [5, 5.41) is 3.91. The molecule has 2 fully saturated rings. The lowest BCUT2D eigenvalue weighted by atomic mass is 9.67. The normalized spacial score (nSPS) is 22.0. The highest BCUT2D eigenvalue weighted by molar-refractivity contribution is 5.96. The van der Waals surface area contributed by atoms with Crippen LogP contribution in [0, 0.1) is 19.3 Å². The molecular weight excluding hydrogens is 354 g/mol. The first-order chi connectivity index (χ1) is 13.4. The van der Waals surface area contributed by atoms with Gasteiger partial charge in [-0.15, -0.1) is 0 Å². The SMILES string of the molecule is Cc1noc(C)c1C(=O)N1CCC2(CC1)C[C@H](c1ccccc1)C(=O)N(C)C2. The highest BCUT2D eigenvalue weighted by Gasteiger charge is 2.45. The minimum Gasteiger partial charge on any atom is -0.361 e. The lowest BCUT2D eigenvalue weighted by Gasteiger charge is -2.49. The van der Waals surface area contributed by atoms with Gasteiger partial charge < -0.3 is 14.3 Å². The van der Waals surface area contributed by atoms with Crippen LogP contribution in [0.5, 0.6) is 0 Å². The summed E-state index contributed by atoms with van der Waals surface area (Å²) >= 11 is 0. The van der Waals surface area contributed by atoms with Crippen LogP contribution < -0.4 is 0 Å². The monoisotopic (exact) mass is 381 g/mol. The van der Waals surface area contributed by atoms with E-state index in [0.29, 0.717) is 30.1 Å². The molecule has 148 valence electrons. The Hall–Kier alpha value is -2.63. The first kappa shape index (κ1) is 18.7. The van der Waals surface area contributed by atoms with Crippen LogP contribution in [0.2, 0.25) is 0 Å². The lowest BCUT2D eigenvalue weighted by molar-refractivity contribution is -0.139. The third-order valence-electron chi connectivity index (χ3n) is 6.44. The first-order valence-electron chi connectivity index (χ1n) is 9.92. The van der Waals surface area contributed by atoms with Crippen molar-refractivity contribution in [2.75, 3.05) is 26.7 Å². The fourth-order valence-corrected chi connectivity index (χ4v) is 4.87. The summed E-state index contributed by atoms with van der Waals surface area (Å²) in [5.74, 6) is 0.691. The highest BCUT2D eigenvalue weighted by atomic mass is 16.5. The van der Waals surface area contributed by atoms with Crippen molar-refractivity contribution in [2.24, 2.45) is 5.41 Å². The molecular formula is C22H27N3O3. The maximum absolute atomic E-state index is 12.9. The zero-order valence-corrected chi connectivity index (χ0v) is 16.8. The van der Waals surface area contributed by atoms with Crippen molar-refractivity contribution >= 4 is 11.8 Å². The van der Waals surface area contributed by atoms with Crippen molar-refractivity contribution in [1.29, 1.82) is 0 Å². The number of carbonyl (C=O) groups excluding carboxylic acids is 2. The number of amides is 2. The van der Waals surface area contributed by atoms with Gasteiger partial charge in [-0.1, -0.05) is 35.5 Å². The Morgan fingerprint density at radius 2 is 1.86 bits per heavy atom. The molecule has 1 spiro atoms. The van der Waals surface area contributed by atoms with Crippen LogP contribution in [0.4, 0.5) is 0 Å². The minimum absolute atomic E-state index is 0.00551. The standard InChI is InChI=1S/C22H27N3O3/c1-15-19(16(2)28-23-15)21(27)25-11-9-22(10-12-25)13-18(20(26)24(3)14-22)17-7-5-4-6-8-17/h4-8,18H,9-14H2,1-3H3/t18-/m1/s1. The van der Waals surface area contributed by atoms with Gasteiger partial charge in [0.1, 0.15) is 11.3 Å². The number of nitrogens with zero attached hydrogens (tertiary/aromatic N) is 3. The van der Waals surface area contributed by atoms with Crippen molar-refractivity contribution in [3.8, 4) is 0 Å². The maximum atomic E-state index is 12.9. The summed E-state index contributed by atoms with van der Waals surface area (Å²) in [4.78, 5) is 29.5. The van der Waals surface area contributed by atoms with Crippen LogP contribution >= 0.6 is 0 Å². The fourth-order valence-electron chi connectivity index (χ4n) is 4.87. The third kappa shape index (κ3) is 3.21. The molecule has 0 bridgehead atoms. The number of piperidine rings is 2. The number of likely N-dealkylation sites (tertiary alicyclic amines) is 2. The zero-order chi connectivity index (χ0) is 19.9. The Balaban J connectivity index is 1.50. The zero-order valence-electron chi connectivity index (χ0n) is 16.8. The number of benzene rings is 1. The molecule has 1 atom stereocenters. The van der Waals surface area contributed by atoms with Gasteiger partial charge in [0.15, 0.2) is 0 Å². The quantitative estimate of drug-likeness (QED) is 0.801. The Bertz CT molecular complexity index is 862. The van der Waals surface area contributed by atoms with Crippen LogP contribution in [0.25, 0.3) is 0 Å². The predicted octanol–water partition coefficient (Wildman–Crippen LogP) is 3.16. The molecule has 2 aliphatic rings. The molecule has 6 nitrogen and oxygen atoms in total. The van der Waals surface area contributed by atoms with E-state index < -0.39 is 0 Å². The number of hydrogen-bond donors (Lipinski definition) is 0. The van der Waals surface area contributed by atoms with Gasteiger partial charge in [0.05, 0.1) is 11.6 Å².